The first kappa shape index (κ1) is 17.5. The molecule has 0 aromatic rings. The molecule has 3 nitrogen and oxygen atoms in total. The second kappa shape index (κ2) is 8.64. The highest BCUT2D eigenvalue weighted by Crippen LogP contribution is 2.26. The topological polar surface area (TPSA) is 45.0 Å². The van der Waals surface area contributed by atoms with Crippen LogP contribution in [0.15, 0.2) is 0 Å². The van der Waals surface area contributed by atoms with Crippen LogP contribution in [0.3, 0.4) is 0 Å². The first-order valence-electron chi connectivity index (χ1n) is 8.32. The van der Waals surface area contributed by atoms with Gasteiger partial charge in [-0.25, -0.2) is 0 Å². The van der Waals surface area contributed by atoms with Crippen LogP contribution >= 0.6 is 0 Å². The minimum Gasteiger partial charge on any atom is -0.378 e. The Morgan fingerprint density at radius 2 is 1.95 bits per heavy atom. The molecule has 1 atom stereocenters. The molecule has 0 radical (unpaired) electrons. The van der Waals surface area contributed by atoms with Crippen LogP contribution in [0, 0.1) is 17.2 Å². The Balaban J connectivity index is 2.25. The molecule has 0 aliphatic heterocycles. The van der Waals surface area contributed by atoms with Crippen LogP contribution in [0.1, 0.15) is 72.6 Å². The predicted octanol–water partition coefficient (Wildman–Crippen LogP) is 4.03. The molecule has 0 aromatic carbocycles. The van der Waals surface area contributed by atoms with Crippen molar-refractivity contribution < 1.29 is 4.74 Å². The molecule has 1 fully saturated rings. The van der Waals surface area contributed by atoms with Gasteiger partial charge in [0.15, 0.2) is 0 Å². The Hall–Kier alpha value is -0.590. The quantitative estimate of drug-likeness (QED) is 0.683. The standard InChI is InChI=1S/C17H32N2O/c1-5-17(13-18,19-14(2)3)11-6-12-20-16-9-7-15(4)8-10-16/h14-16,19H,5-12H2,1-4H3. The van der Waals surface area contributed by atoms with Crippen molar-refractivity contribution >= 4 is 0 Å². The molecular formula is C17H32N2O. The Morgan fingerprint density at radius 3 is 2.45 bits per heavy atom. The zero-order chi connectivity index (χ0) is 15.0. The highest BCUT2D eigenvalue weighted by Gasteiger charge is 2.28. The molecule has 0 heterocycles. The third-order valence-electron chi connectivity index (χ3n) is 4.45. The number of nitrogens with zero attached hydrogens (tertiary/aromatic N) is 1. The second-order valence-corrected chi connectivity index (χ2v) is 6.70. The summed E-state index contributed by atoms with van der Waals surface area (Å²) < 4.78 is 5.98. The molecular weight excluding hydrogens is 248 g/mol. The number of rotatable bonds is 8. The Kier molecular flexibility index (Phi) is 7.55. The fourth-order valence-electron chi connectivity index (χ4n) is 3.09. The van der Waals surface area contributed by atoms with Crippen molar-refractivity contribution in [2.75, 3.05) is 6.61 Å². The SMILES string of the molecule is CCC(C#N)(CCCOC1CCC(C)CC1)NC(C)C. The summed E-state index contributed by atoms with van der Waals surface area (Å²) in [6.45, 7) is 9.41. The van der Waals surface area contributed by atoms with Gasteiger partial charge in [-0.15, -0.1) is 0 Å². The molecule has 1 unspecified atom stereocenters. The van der Waals surface area contributed by atoms with Gasteiger partial charge in [0.2, 0.25) is 0 Å². The summed E-state index contributed by atoms with van der Waals surface area (Å²) in [4.78, 5) is 0. The van der Waals surface area contributed by atoms with Gasteiger partial charge in [0.1, 0.15) is 5.54 Å². The number of hydrogen-bond acceptors (Lipinski definition) is 3. The number of nitrogens with one attached hydrogen (secondary N) is 1. The molecule has 0 spiro atoms. The maximum atomic E-state index is 9.45. The van der Waals surface area contributed by atoms with E-state index in [0.717, 1.165) is 31.8 Å². The molecule has 1 saturated carbocycles. The van der Waals surface area contributed by atoms with Gasteiger partial charge in [-0.1, -0.05) is 13.8 Å². The zero-order valence-electron chi connectivity index (χ0n) is 13.7. The summed E-state index contributed by atoms with van der Waals surface area (Å²) >= 11 is 0. The van der Waals surface area contributed by atoms with Gasteiger partial charge in [-0.05, 0) is 64.7 Å². The van der Waals surface area contributed by atoms with Crippen LogP contribution in [0.25, 0.3) is 0 Å². The molecule has 0 bridgehead atoms. The van der Waals surface area contributed by atoms with Crippen molar-refractivity contribution in [2.45, 2.75) is 90.3 Å². The molecule has 1 N–H and O–H groups in total. The van der Waals surface area contributed by atoms with Gasteiger partial charge in [-0.2, -0.15) is 5.26 Å². The van der Waals surface area contributed by atoms with Crippen molar-refractivity contribution in [3.63, 3.8) is 0 Å². The van der Waals surface area contributed by atoms with Gasteiger partial charge in [0.05, 0.1) is 12.2 Å². The highest BCUT2D eigenvalue weighted by molar-refractivity contribution is 5.06. The first-order valence-corrected chi connectivity index (χ1v) is 8.32. The monoisotopic (exact) mass is 280 g/mol. The highest BCUT2D eigenvalue weighted by atomic mass is 16.5. The molecule has 1 rings (SSSR count). The zero-order valence-corrected chi connectivity index (χ0v) is 13.7. The smallest absolute Gasteiger partial charge is 0.106 e. The van der Waals surface area contributed by atoms with Crippen LogP contribution in [0.2, 0.25) is 0 Å². The number of nitriles is 1. The Morgan fingerprint density at radius 1 is 1.30 bits per heavy atom. The van der Waals surface area contributed by atoms with Crippen LogP contribution in [0.5, 0.6) is 0 Å². The Bertz CT molecular complexity index is 303. The van der Waals surface area contributed by atoms with E-state index in [1.807, 2.05) is 0 Å². The van der Waals surface area contributed by atoms with E-state index in [9.17, 15) is 5.26 Å². The van der Waals surface area contributed by atoms with E-state index in [-0.39, 0.29) is 5.54 Å². The lowest BCUT2D eigenvalue weighted by molar-refractivity contribution is 0.0161. The van der Waals surface area contributed by atoms with Gasteiger partial charge in [0, 0.05) is 12.6 Å². The van der Waals surface area contributed by atoms with E-state index < -0.39 is 0 Å². The maximum Gasteiger partial charge on any atom is 0.106 e. The van der Waals surface area contributed by atoms with Crippen LogP contribution in [-0.2, 0) is 4.74 Å². The van der Waals surface area contributed by atoms with E-state index in [4.69, 9.17) is 4.74 Å². The fraction of sp³-hybridized carbons (Fsp3) is 0.941. The lowest BCUT2D eigenvalue weighted by Crippen LogP contribution is -2.47. The van der Waals surface area contributed by atoms with Crippen LogP contribution in [-0.4, -0.2) is 24.3 Å². The van der Waals surface area contributed by atoms with Crippen molar-refractivity contribution in [3.05, 3.63) is 0 Å². The van der Waals surface area contributed by atoms with Gasteiger partial charge >= 0.3 is 0 Å². The number of hydrogen-bond donors (Lipinski definition) is 1. The van der Waals surface area contributed by atoms with E-state index in [1.165, 1.54) is 25.7 Å². The molecule has 0 amide bonds. The molecule has 0 saturated heterocycles. The Labute approximate surface area is 125 Å². The predicted molar refractivity (Wildman–Crippen MR) is 83.5 cm³/mol. The minimum atomic E-state index is -0.376. The van der Waals surface area contributed by atoms with Crippen LogP contribution < -0.4 is 5.32 Å². The van der Waals surface area contributed by atoms with Gasteiger partial charge < -0.3 is 4.74 Å². The summed E-state index contributed by atoms with van der Waals surface area (Å²) in [5.41, 5.74) is -0.376. The normalized spacial score (nSPS) is 26.2. The average Bonchev–Trinajstić information content (AvgIpc) is 2.44. The van der Waals surface area contributed by atoms with E-state index in [0.29, 0.717) is 12.1 Å². The van der Waals surface area contributed by atoms with Crippen molar-refractivity contribution in [3.8, 4) is 6.07 Å². The molecule has 0 aromatic heterocycles. The van der Waals surface area contributed by atoms with E-state index in [2.05, 4.69) is 39.1 Å². The van der Waals surface area contributed by atoms with Crippen molar-refractivity contribution in [1.82, 2.24) is 5.32 Å². The fourth-order valence-corrected chi connectivity index (χ4v) is 3.09. The minimum absolute atomic E-state index is 0.343. The summed E-state index contributed by atoms with van der Waals surface area (Å²) in [5.74, 6) is 0.872. The van der Waals surface area contributed by atoms with Crippen molar-refractivity contribution in [2.24, 2.45) is 5.92 Å². The summed E-state index contributed by atoms with van der Waals surface area (Å²) in [6, 6.07) is 2.82. The lowest BCUT2D eigenvalue weighted by atomic mass is 9.89. The molecule has 1 aliphatic rings. The van der Waals surface area contributed by atoms with Crippen LogP contribution in [0.4, 0.5) is 0 Å². The summed E-state index contributed by atoms with van der Waals surface area (Å²) in [6.07, 6.45) is 8.18. The molecule has 1 aliphatic carbocycles. The summed E-state index contributed by atoms with van der Waals surface area (Å²) in [7, 11) is 0. The van der Waals surface area contributed by atoms with Gasteiger partial charge in [-0.3, -0.25) is 5.32 Å². The van der Waals surface area contributed by atoms with Gasteiger partial charge in [0.25, 0.3) is 0 Å². The molecule has 3 heteroatoms. The maximum absolute atomic E-state index is 9.45. The van der Waals surface area contributed by atoms with E-state index in [1.54, 1.807) is 0 Å². The lowest BCUT2D eigenvalue weighted by Gasteiger charge is -2.30. The van der Waals surface area contributed by atoms with Crippen molar-refractivity contribution in [1.29, 1.82) is 5.26 Å². The molecule has 116 valence electrons. The third-order valence-corrected chi connectivity index (χ3v) is 4.45. The molecule has 20 heavy (non-hydrogen) atoms. The summed E-state index contributed by atoms with van der Waals surface area (Å²) in [5, 5.41) is 12.9. The third kappa shape index (κ3) is 5.81. The number of ether oxygens (including phenoxy) is 1. The second-order valence-electron chi connectivity index (χ2n) is 6.70. The van der Waals surface area contributed by atoms with E-state index >= 15 is 0 Å². The first-order chi connectivity index (χ1) is 9.51. The largest absolute Gasteiger partial charge is 0.378 e. The average molecular weight is 280 g/mol.